The van der Waals surface area contributed by atoms with Crippen LogP contribution in [0.4, 0.5) is 0 Å². The Morgan fingerprint density at radius 2 is 2.08 bits per heavy atom. The summed E-state index contributed by atoms with van der Waals surface area (Å²) >= 11 is 0. The molecule has 0 bridgehead atoms. The van der Waals surface area contributed by atoms with Gasteiger partial charge in [0.05, 0.1) is 0 Å². The zero-order chi connectivity index (χ0) is 9.26. The number of hydrogen-bond acceptors (Lipinski definition) is 1. The van der Waals surface area contributed by atoms with Crippen molar-refractivity contribution in [3.05, 3.63) is 41.4 Å². The van der Waals surface area contributed by atoms with Crippen molar-refractivity contribution < 1.29 is 4.42 Å². The molecule has 0 aromatic carbocycles. The second kappa shape index (κ2) is 3.25. The summed E-state index contributed by atoms with van der Waals surface area (Å²) in [4.78, 5) is 0. The molecule has 0 fully saturated rings. The van der Waals surface area contributed by atoms with E-state index in [2.05, 4.69) is 25.1 Å². The Morgan fingerprint density at radius 1 is 1.23 bits per heavy atom. The van der Waals surface area contributed by atoms with Crippen LogP contribution in [0.2, 0.25) is 0 Å². The van der Waals surface area contributed by atoms with Gasteiger partial charge in [0.25, 0.3) is 0 Å². The standard InChI is InChI=1S/C12H14O/c1-9-4-3-5-11(8-9)12-7-6-10(2)13-12/h4,6-8H,3,5H2,1-2H3. The van der Waals surface area contributed by atoms with Crippen LogP contribution in [0.1, 0.15) is 31.3 Å². The predicted octanol–water partition coefficient (Wildman–Crippen LogP) is 3.71. The number of furan rings is 1. The van der Waals surface area contributed by atoms with E-state index in [9.17, 15) is 0 Å². The quantitative estimate of drug-likeness (QED) is 0.632. The molecule has 1 heterocycles. The van der Waals surface area contributed by atoms with Crippen molar-refractivity contribution in [1.82, 2.24) is 0 Å². The minimum absolute atomic E-state index is 0.989. The van der Waals surface area contributed by atoms with Crippen molar-refractivity contribution in [3.63, 3.8) is 0 Å². The zero-order valence-corrected chi connectivity index (χ0v) is 8.13. The topological polar surface area (TPSA) is 13.1 Å². The maximum absolute atomic E-state index is 5.58. The van der Waals surface area contributed by atoms with E-state index in [1.807, 2.05) is 13.0 Å². The summed E-state index contributed by atoms with van der Waals surface area (Å²) in [7, 11) is 0. The normalized spacial score (nSPS) is 16.8. The first kappa shape index (κ1) is 8.36. The van der Waals surface area contributed by atoms with Crippen molar-refractivity contribution in [2.75, 3.05) is 0 Å². The van der Waals surface area contributed by atoms with Gasteiger partial charge in [-0.3, -0.25) is 0 Å². The Labute approximate surface area is 78.8 Å². The molecule has 0 unspecified atom stereocenters. The highest BCUT2D eigenvalue weighted by molar-refractivity contribution is 5.66. The SMILES string of the molecule is CC1=CCCC(c2ccc(C)o2)=C1. The molecule has 0 atom stereocenters. The number of hydrogen-bond donors (Lipinski definition) is 0. The van der Waals surface area contributed by atoms with Gasteiger partial charge in [0.1, 0.15) is 11.5 Å². The van der Waals surface area contributed by atoms with Crippen LogP contribution in [-0.4, -0.2) is 0 Å². The average molecular weight is 174 g/mol. The van der Waals surface area contributed by atoms with Crippen LogP contribution in [-0.2, 0) is 0 Å². The van der Waals surface area contributed by atoms with Crippen LogP contribution >= 0.6 is 0 Å². The molecule has 0 amide bonds. The van der Waals surface area contributed by atoms with E-state index in [0.717, 1.165) is 24.4 Å². The second-order valence-corrected chi connectivity index (χ2v) is 3.57. The summed E-state index contributed by atoms with van der Waals surface area (Å²) < 4.78 is 5.58. The lowest BCUT2D eigenvalue weighted by Crippen LogP contribution is -1.88. The molecule has 1 aliphatic rings. The first-order chi connectivity index (χ1) is 6.25. The molecular weight excluding hydrogens is 160 g/mol. The number of rotatable bonds is 1. The minimum Gasteiger partial charge on any atom is -0.462 e. The summed E-state index contributed by atoms with van der Waals surface area (Å²) in [6.07, 6.45) is 6.71. The summed E-state index contributed by atoms with van der Waals surface area (Å²) in [6, 6.07) is 4.07. The van der Waals surface area contributed by atoms with Crippen LogP contribution in [0, 0.1) is 6.92 Å². The van der Waals surface area contributed by atoms with Gasteiger partial charge in [-0.05, 0) is 44.4 Å². The largest absolute Gasteiger partial charge is 0.462 e. The lowest BCUT2D eigenvalue weighted by atomic mass is 9.99. The van der Waals surface area contributed by atoms with Crippen LogP contribution in [0.3, 0.4) is 0 Å². The summed E-state index contributed by atoms with van der Waals surface area (Å²) in [5.41, 5.74) is 2.67. The molecule has 0 saturated carbocycles. The van der Waals surface area contributed by atoms with E-state index in [1.165, 1.54) is 11.1 Å². The molecule has 2 rings (SSSR count). The van der Waals surface area contributed by atoms with Crippen LogP contribution in [0.15, 0.2) is 34.3 Å². The molecule has 0 N–H and O–H groups in total. The molecule has 0 radical (unpaired) electrons. The van der Waals surface area contributed by atoms with Crippen LogP contribution < -0.4 is 0 Å². The van der Waals surface area contributed by atoms with E-state index in [0.29, 0.717) is 0 Å². The highest BCUT2D eigenvalue weighted by Gasteiger charge is 2.08. The molecule has 1 heteroatoms. The van der Waals surface area contributed by atoms with Crippen molar-refractivity contribution >= 4 is 5.57 Å². The third-order valence-electron chi connectivity index (χ3n) is 2.34. The minimum atomic E-state index is 0.989. The number of allylic oxidation sites excluding steroid dienone is 4. The van der Waals surface area contributed by atoms with E-state index < -0.39 is 0 Å². The lowest BCUT2D eigenvalue weighted by molar-refractivity contribution is 0.519. The van der Waals surface area contributed by atoms with Gasteiger partial charge in [0.15, 0.2) is 0 Å². The summed E-state index contributed by atoms with van der Waals surface area (Å²) in [5.74, 6) is 2.02. The number of aryl methyl sites for hydroxylation is 1. The van der Waals surface area contributed by atoms with Crippen molar-refractivity contribution in [3.8, 4) is 0 Å². The first-order valence-electron chi connectivity index (χ1n) is 4.70. The van der Waals surface area contributed by atoms with Crippen molar-refractivity contribution in [1.29, 1.82) is 0 Å². The molecular formula is C12H14O. The molecule has 1 nitrogen and oxygen atoms in total. The Hall–Kier alpha value is -1.24. The molecule has 13 heavy (non-hydrogen) atoms. The van der Waals surface area contributed by atoms with E-state index >= 15 is 0 Å². The van der Waals surface area contributed by atoms with Gasteiger partial charge in [-0.2, -0.15) is 0 Å². The second-order valence-electron chi connectivity index (χ2n) is 3.57. The predicted molar refractivity (Wildman–Crippen MR) is 54.4 cm³/mol. The third-order valence-corrected chi connectivity index (χ3v) is 2.34. The highest BCUT2D eigenvalue weighted by atomic mass is 16.3. The van der Waals surface area contributed by atoms with Gasteiger partial charge in [-0.1, -0.05) is 17.7 Å². The van der Waals surface area contributed by atoms with Gasteiger partial charge in [-0.15, -0.1) is 0 Å². The monoisotopic (exact) mass is 174 g/mol. The van der Waals surface area contributed by atoms with Crippen molar-refractivity contribution in [2.24, 2.45) is 0 Å². The Balaban J connectivity index is 2.31. The van der Waals surface area contributed by atoms with E-state index in [-0.39, 0.29) is 0 Å². The Morgan fingerprint density at radius 3 is 2.69 bits per heavy atom. The molecule has 1 aliphatic carbocycles. The smallest absolute Gasteiger partial charge is 0.130 e. The highest BCUT2D eigenvalue weighted by Crippen LogP contribution is 2.27. The third kappa shape index (κ3) is 1.74. The van der Waals surface area contributed by atoms with Crippen LogP contribution in [0.25, 0.3) is 5.57 Å². The van der Waals surface area contributed by atoms with Gasteiger partial charge in [0.2, 0.25) is 0 Å². The average Bonchev–Trinajstić information content (AvgIpc) is 2.52. The van der Waals surface area contributed by atoms with E-state index in [1.54, 1.807) is 0 Å². The van der Waals surface area contributed by atoms with Gasteiger partial charge in [0, 0.05) is 0 Å². The molecule has 0 saturated heterocycles. The molecule has 1 aromatic heterocycles. The maximum Gasteiger partial charge on any atom is 0.130 e. The Bertz CT molecular complexity index is 366. The van der Waals surface area contributed by atoms with E-state index in [4.69, 9.17) is 4.42 Å². The first-order valence-corrected chi connectivity index (χ1v) is 4.70. The fourth-order valence-electron chi connectivity index (χ4n) is 1.66. The van der Waals surface area contributed by atoms with Gasteiger partial charge >= 0.3 is 0 Å². The molecule has 1 aromatic rings. The fourth-order valence-corrected chi connectivity index (χ4v) is 1.66. The maximum atomic E-state index is 5.58. The summed E-state index contributed by atoms with van der Waals surface area (Å²) in [6.45, 7) is 4.12. The zero-order valence-electron chi connectivity index (χ0n) is 8.13. The van der Waals surface area contributed by atoms with Crippen molar-refractivity contribution in [2.45, 2.75) is 26.7 Å². The van der Waals surface area contributed by atoms with Crippen LogP contribution in [0.5, 0.6) is 0 Å². The molecule has 0 aliphatic heterocycles. The molecule has 68 valence electrons. The lowest BCUT2D eigenvalue weighted by Gasteiger charge is -2.08. The van der Waals surface area contributed by atoms with Gasteiger partial charge in [-0.25, -0.2) is 0 Å². The van der Waals surface area contributed by atoms with Gasteiger partial charge < -0.3 is 4.42 Å². The fraction of sp³-hybridized carbons (Fsp3) is 0.333. The Kier molecular flexibility index (Phi) is 2.09. The molecule has 0 spiro atoms. The summed E-state index contributed by atoms with van der Waals surface area (Å²) in [5, 5.41) is 0.